The summed E-state index contributed by atoms with van der Waals surface area (Å²) in [6.07, 6.45) is -6.08. The number of rotatable bonds is 4. The Morgan fingerprint density at radius 3 is 2.64 bits per heavy atom. The molecule has 2 rings (SSSR count). The number of ether oxygens (including phenoxy) is 1. The summed E-state index contributed by atoms with van der Waals surface area (Å²) in [5.74, 6) is -3.41. The molecule has 0 saturated carbocycles. The molecule has 4 N–H and O–H groups in total. The molecule has 0 spiro atoms. The molecule has 1 aliphatic heterocycles. The Morgan fingerprint density at radius 2 is 2.05 bits per heavy atom. The van der Waals surface area contributed by atoms with Crippen molar-refractivity contribution < 1.29 is 32.6 Å². The molecular weight excluding hydrogens is 307 g/mol. The number of halogens is 3. The van der Waals surface area contributed by atoms with Crippen LogP contribution < -0.4 is 20.9 Å². The van der Waals surface area contributed by atoms with Crippen molar-refractivity contribution in [3.05, 3.63) is 24.3 Å². The van der Waals surface area contributed by atoms with Crippen molar-refractivity contribution in [2.24, 2.45) is 5.92 Å². The number of benzene rings is 1. The van der Waals surface area contributed by atoms with Gasteiger partial charge in [-0.05, 0) is 12.1 Å². The third kappa shape index (κ3) is 3.79. The number of hydrogen-bond acceptors (Lipinski definition) is 5. The second-order valence-corrected chi connectivity index (χ2v) is 4.45. The summed E-state index contributed by atoms with van der Waals surface area (Å²) in [5, 5.41) is 11.8. The number of hydrazine groups is 1. The molecule has 7 nitrogen and oxygen atoms in total. The van der Waals surface area contributed by atoms with E-state index in [1.165, 1.54) is 18.2 Å². The maximum Gasteiger partial charge on any atom is 0.573 e. The van der Waals surface area contributed by atoms with Gasteiger partial charge in [0.2, 0.25) is 5.91 Å². The predicted octanol–water partition coefficient (Wildman–Crippen LogP) is 0.135. The predicted molar refractivity (Wildman–Crippen MR) is 67.4 cm³/mol. The molecule has 0 aromatic heterocycles. The second-order valence-electron chi connectivity index (χ2n) is 4.45. The molecule has 2 unspecified atom stereocenters. The van der Waals surface area contributed by atoms with E-state index in [1.807, 2.05) is 0 Å². The summed E-state index contributed by atoms with van der Waals surface area (Å²) in [4.78, 5) is 23.1. The first-order valence-corrected chi connectivity index (χ1v) is 6.14. The number of para-hydroxylation sites is 2. The maximum atomic E-state index is 12.2. The largest absolute Gasteiger partial charge is 0.573 e. The molecule has 0 aliphatic carbocycles. The lowest BCUT2D eigenvalue weighted by molar-refractivity contribution is -0.274. The van der Waals surface area contributed by atoms with E-state index < -0.39 is 35.9 Å². The second kappa shape index (κ2) is 6.10. The highest BCUT2D eigenvalue weighted by Crippen LogP contribution is 2.29. The fraction of sp³-hybridized carbons (Fsp3) is 0.333. The first-order valence-electron chi connectivity index (χ1n) is 6.14. The van der Waals surface area contributed by atoms with Gasteiger partial charge in [-0.15, -0.1) is 13.2 Å². The highest BCUT2D eigenvalue weighted by molar-refractivity contribution is 6.02. The van der Waals surface area contributed by atoms with Crippen LogP contribution in [0.1, 0.15) is 0 Å². The molecule has 0 bridgehead atoms. The molecule has 1 heterocycles. The molecule has 1 aliphatic rings. The molecule has 120 valence electrons. The van der Waals surface area contributed by atoms with Gasteiger partial charge in [-0.2, -0.15) is 0 Å². The molecule has 0 radical (unpaired) electrons. The van der Waals surface area contributed by atoms with E-state index in [0.29, 0.717) is 0 Å². The van der Waals surface area contributed by atoms with E-state index in [1.54, 1.807) is 0 Å². The fourth-order valence-electron chi connectivity index (χ4n) is 1.89. The van der Waals surface area contributed by atoms with Gasteiger partial charge in [0.05, 0.1) is 11.8 Å². The summed E-state index contributed by atoms with van der Waals surface area (Å²) in [7, 11) is 0. The van der Waals surface area contributed by atoms with Gasteiger partial charge in [-0.3, -0.25) is 20.4 Å². The van der Waals surface area contributed by atoms with Crippen molar-refractivity contribution >= 4 is 17.5 Å². The van der Waals surface area contributed by atoms with E-state index in [-0.39, 0.29) is 12.2 Å². The van der Waals surface area contributed by atoms with Crippen LogP contribution in [-0.4, -0.2) is 35.9 Å². The molecular formula is C12H12F3N3O4. The third-order valence-corrected chi connectivity index (χ3v) is 2.87. The van der Waals surface area contributed by atoms with E-state index in [2.05, 4.69) is 20.9 Å². The van der Waals surface area contributed by atoms with Gasteiger partial charge in [0.15, 0.2) is 5.75 Å². The van der Waals surface area contributed by atoms with Crippen LogP contribution in [0, 0.1) is 5.92 Å². The van der Waals surface area contributed by atoms with Gasteiger partial charge >= 0.3 is 6.36 Å². The first-order chi connectivity index (χ1) is 10.3. The van der Waals surface area contributed by atoms with E-state index >= 15 is 0 Å². The van der Waals surface area contributed by atoms with Crippen molar-refractivity contribution in [1.82, 2.24) is 10.7 Å². The molecule has 10 heteroatoms. The highest BCUT2D eigenvalue weighted by atomic mass is 19.4. The third-order valence-electron chi connectivity index (χ3n) is 2.87. The van der Waals surface area contributed by atoms with Crippen LogP contribution in [-0.2, 0) is 9.59 Å². The zero-order valence-electron chi connectivity index (χ0n) is 11.0. The fourth-order valence-corrected chi connectivity index (χ4v) is 1.89. The van der Waals surface area contributed by atoms with Crippen LogP contribution in [0.15, 0.2) is 24.3 Å². The van der Waals surface area contributed by atoms with E-state index in [9.17, 15) is 27.9 Å². The number of hydrogen-bond donors (Lipinski definition) is 4. The maximum absolute atomic E-state index is 12.2. The van der Waals surface area contributed by atoms with Crippen molar-refractivity contribution in [2.45, 2.75) is 12.5 Å². The van der Waals surface area contributed by atoms with E-state index in [4.69, 9.17) is 0 Å². The van der Waals surface area contributed by atoms with Gasteiger partial charge in [-0.1, -0.05) is 12.1 Å². The van der Waals surface area contributed by atoms with Crippen LogP contribution in [0.2, 0.25) is 0 Å². The number of amides is 2. The summed E-state index contributed by atoms with van der Waals surface area (Å²) < 4.78 is 40.5. The first kappa shape index (κ1) is 15.9. The van der Waals surface area contributed by atoms with Gasteiger partial charge in [0.25, 0.3) is 5.91 Å². The van der Waals surface area contributed by atoms with Crippen LogP contribution in [0.3, 0.4) is 0 Å². The lowest BCUT2D eigenvalue weighted by atomic mass is 10.1. The average molecular weight is 319 g/mol. The average Bonchev–Trinajstić information content (AvgIpc) is 2.75. The number of carbonyl (C=O) groups is 2. The molecule has 1 aromatic rings. The Bertz CT molecular complexity index is 579. The molecule has 2 amide bonds. The Kier molecular flexibility index (Phi) is 4.40. The summed E-state index contributed by atoms with van der Waals surface area (Å²) >= 11 is 0. The lowest BCUT2D eigenvalue weighted by Gasteiger charge is -2.16. The Balaban J connectivity index is 2.02. The van der Waals surface area contributed by atoms with E-state index in [0.717, 1.165) is 6.07 Å². The number of aliphatic hydroxyl groups is 1. The summed E-state index contributed by atoms with van der Waals surface area (Å²) in [6.45, 7) is -0.0648. The molecule has 1 aromatic carbocycles. The van der Waals surface area contributed by atoms with Gasteiger partial charge in [-0.25, -0.2) is 0 Å². The van der Waals surface area contributed by atoms with Gasteiger partial charge < -0.3 is 15.2 Å². The van der Waals surface area contributed by atoms with Crippen LogP contribution >= 0.6 is 0 Å². The van der Waals surface area contributed by atoms with Gasteiger partial charge in [0, 0.05) is 6.54 Å². The summed E-state index contributed by atoms with van der Waals surface area (Å²) in [5.41, 5.74) is 4.16. The van der Waals surface area contributed by atoms with Crippen LogP contribution in [0.25, 0.3) is 0 Å². The Hall–Kier alpha value is -2.49. The van der Waals surface area contributed by atoms with Gasteiger partial charge in [0.1, 0.15) is 5.92 Å². The number of alkyl halides is 3. The Morgan fingerprint density at radius 1 is 1.36 bits per heavy atom. The number of aliphatic hydroxyl groups excluding tert-OH is 1. The van der Waals surface area contributed by atoms with Crippen molar-refractivity contribution in [2.75, 3.05) is 12.0 Å². The minimum Gasteiger partial charge on any atom is -0.404 e. The standard InChI is InChI=1S/C12H12F3N3O4/c13-12(14,15)22-8-4-2-1-3-6(8)17-18-11(21)9-7(19)5-16-10(9)20/h1-4,7,9,17,19H,5H2,(H,16,20)(H,18,21). The lowest BCUT2D eigenvalue weighted by Crippen LogP contribution is -2.42. The van der Waals surface area contributed by atoms with Crippen LogP contribution in [0.4, 0.5) is 18.9 Å². The smallest absolute Gasteiger partial charge is 0.404 e. The summed E-state index contributed by atoms with van der Waals surface area (Å²) in [6, 6.07) is 5.04. The monoisotopic (exact) mass is 319 g/mol. The van der Waals surface area contributed by atoms with Crippen molar-refractivity contribution in [3.63, 3.8) is 0 Å². The minimum atomic E-state index is -4.89. The molecule has 1 fully saturated rings. The number of β-amino-alcohol motifs (C(OH)–C–C–N with tert-alkyl or cyclic N) is 1. The van der Waals surface area contributed by atoms with Crippen LogP contribution in [0.5, 0.6) is 5.75 Å². The SMILES string of the molecule is O=C1NCC(O)C1C(=O)NNc1ccccc1OC(F)(F)F. The molecule has 1 saturated heterocycles. The number of nitrogens with one attached hydrogen (secondary N) is 3. The minimum absolute atomic E-state index is 0.0648. The Labute approximate surface area is 122 Å². The zero-order valence-corrected chi connectivity index (χ0v) is 11.0. The molecule has 2 atom stereocenters. The highest BCUT2D eigenvalue weighted by Gasteiger charge is 2.39. The van der Waals surface area contributed by atoms with Crippen molar-refractivity contribution in [3.8, 4) is 5.75 Å². The zero-order chi connectivity index (χ0) is 16.3. The topological polar surface area (TPSA) is 99.7 Å². The molecule has 22 heavy (non-hydrogen) atoms. The quantitative estimate of drug-likeness (QED) is 0.467. The van der Waals surface area contributed by atoms with Crippen molar-refractivity contribution in [1.29, 1.82) is 0 Å². The normalized spacial score (nSPS) is 21.2. The number of carbonyl (C=O) groups excluding carboxylic acids is 2. The number of anilines is 1.